The number of carbonyl (C=O) groups is 1. The Balaban J connectivity index is 2.34. The lowest BCUT2D eigenvalue weighted by Gasteiger charge is -2.18. The molecular weight excluding hydrogens is 258 g/mol. The van der Waals surface area contributed by atoms with Gasteiger partial charge in [0.05, 0.1) is 20.6 Å². The molecule has 0 amide bonds. The number of fused-ring (bicyclic) bond motifs is 1. The Morgan fingerprint density at radius 3 is 2.68 bits per heavy atom. The van der Waals surface area contributed by atoms with E-state index in [1.807, 2.05) is 18.2 Å². The van der Waals surface area contributed by atoms with Crippen molar-refractivity contribution >= 4 is 27.5 Å². The number of benzene rings is 1. The molecule has 1 N–H and O–H groups in total. The molecule has 1 aromatic heterocycles. The summed E-state index contributed by atoms with van der Waals surface area (Å²) in [6, 6.07) is 6.07. The van der Waals surface area contributed by atoms with Gasteiger partial charge in [0.25, 0.3) is 0 Å². The highest BCUT2D eigenvalue weighted by Crippen LogP contribution is 2.30. The van der Waals surface area contributed by atoms with Gasteiger partial charge >= 0.3 is 5.97 Å². The maximum Gasteiger partial charge on any atom is 0.309 e. The first-order valence-corrected chi connectivity index (χ1v) is 7.24. The molecule has 0 aliphatic rings. The molecule has 19 heavy (non-hydrogen) atoms. The third-order valence-corrected chi connectivity index (χ3v) is 4.52. The van der Waals surface area contributed by atoms with Crippen LogP contribution in [0.25, 0.3) is 10.2 Å². The van der Waals surface area contributed by atoms with Gasteiger partial charge in [-0.05, 0) is 38.0 Å². The average Bonchev–Trinajstić information content (AvgIpc) is 2.71. The smallest absolute Gasteiger partial charge is 0.309 e. The van der Waals surface area contributed by atoms with Crippen LogP contribution in [0.2, 0.25) is 0 Å². The number of carboxylic acids is 1. The molecule has 0 bridgehead atoms. The summed E-state index contributed by atoms with van der Waals surface area (Å²) in [6.07, 6.45) is 0.521. The predicted molar refractivity (Wildman–Crippen MR) is 78.8 cm³/mol. The molecule has 102 valence electrons. The second-order valence-corrected chi connectivity index (χ2v) is 6.94. The normalized spacial score (nSPS) is 12.3. The number of aliphatic carboxylic acids is 1. The van der Waals surface area contributed by atoms with Crippen molar-refractivity contribution in [1.29, 1.82) is 0 Å². The van der Waals surface area contributed by atoms with Crippen LogP contribution in [-0.2, 0) is 11.2 Å². The van der Waals surface area contributed by atoms with Crippen molar-refractivity contribution in [1.82, 2.24) is 4.98 Å². The Morgan fingerprint density at radius 1 is 1.42 bits per heavy atom. The molecular formula is C15H19NO2S. The van der Waals surface area contributed by atoms with E-state index >= 15 is 0 Å². The fourth-order valence-electron chi connectivity index (χ4n) is 1.93. The lowest BCUT2D eigenvalue weighted by molar-refractivity contribution is -0.146. The average molecular weight is 277 g/mol. The molecule has 0 saturated heterocycles. The van der Waals surface area contributed by atoms with E-state index in [1.54, 1.807) is 25.2 Å². The van der Waals surface area contributed by atoms with Gasteiger partial charge < -0.3 is 5.11 Å². The van der Waals surface area contributed by atoms with Gasteiger partial charge in [-0.2, -0.15) is 0 Å². The Labute approximate surface area is 117 Å². The molecule has 0 radical (unpaired) electrons. The first-order valence-electron chi connectivity index (χ1n) is 6.42. The van der Waals surface area contributed by atoms with Gasteiger partial charge in [0.15, 0.2) is 0 Å². The second kappa shape index (κ2) is 4.93. The van der Waals surface area contributed by atoms with Gasteiger partial charge in [-0.1, -0.05) is 19.9 Å². The van der Waals surface area contributed by atoms with E-state index in [0.717, 1.165) is 16.1 Å². The van der Waals surface area contributed by atoms with E-state index in [2.05, 4.69) is 18.8 Å². The SMILES string of the molecule is CC(C)c1nc2cc(CC(C)(C)C(=O)O)ccc2s1. The highest BCUT2D eigenvalue weighted by atomic mass is 32.1. The van der Waals surface area contributed by atoms with Crippen LogP contribution < -0.4 is 0 Å². The third-order valence-electron chi connectivity index (χ3n) is 3.19. The summed E-state index contributed by atoms with van der Waals surface area (Å²) in [5.41, 5.74) is 1.26. The van der Waals surface area contributed by atoms with Crippen LogP contribution in [0.5, 0.6) is 0 Å². The molecule has 0 atom stereocenters. The van der Waals surface area contributed by atoms with Crippen molar-refractivity contribution in [2.75, 3.05) is 0 Å². The van der Waals surface area contributed by atoms with Crippen molar-refractivity contribution in [3.8, 4) is 0 Å². The molecule has 0 fully saturated rings. The lowest BCUT2D eigenvalue weighted by atomic mass is 9.86. The maximum atomic E-state index is 11.2. The summed E-state index contributed by atoms with van der Waals surface area (Å²) < 4.78 is 1.17. The standard InChI is InChI=1S/C15H19NO2S/c1-9(2)13-16-11-7-10(5-6-12(11)19-13)8-15(3,4)14(17)18/h5-7,9H,8H2,1-4H3,(H,17,18). The second-order valence-electron chi connectivity index (χ2n) is 5.87. The van der Waals surface area contributed by atoms with Crippen LogP contribution in [0.3, 0.4) is 0 Å². The number of aromatic nitrogens is 1. The largest absolute Gasteiger partial charge is 0.481 e. The lowest BCUT2D eigenvalue weighted by Crippen LogP contribution is -2.26. The highest BCUT2D eigenvalue weighted by Gasteiger charge is 2.27. The number of rotatable bonds is 4. The molecule has 0 unspecified atom stereocenters. The number of hydrogen-bond acceptors (Lipinski definition) is 3. The van der Waals surface area contributed by atoms with E-state index in [9.17, 15) is 9.90 Å². The number of hydrogen-bond donors (Lipinski definition) is 1. The maximum absolute atomic E-state index is 11.2. The van der Waals surface area contributed by atoms with Crippen molar-refractivity contribution in [3.05, 3.63) is 28.8 Å². The van der Waals surface area contributed by atoms with E-state index in [1.165, 1.54) is 4.70 Å². The first kappa shape index (κ1) is 14.0. The van der Waals surface area contributed by atoms with Crippen LogP contribution in [0.15, 0.2) is 18.2 Å². The third kappa shape index (κ3) is 2.95. The zero-order valence-corrected chi connectivity index (χ0v) is 12.5. The molecule has 1 aromatic carbocycles. The van der Waals surface area contributed by atoms with E-state index in [4.69, 9.17) is 0 Å². The van der Waals surface area contributed by atoms with Gasteiger partial charge in [0.2, 0.25) is 0 Å². The molecule has 0 aliphatic carbocycles. The zero-order valence-electron chi connectivity index (χ0n) is 11.7. The highest BCUT2D eigenvalue weighted by molar-refractivity contribution is 7.18. The Kier molecular flexibility index (Phi) is 3.63. The molecule has 2 rings (SSSR count). The molecule has 2 aromatic rings. The molecule has 4 heteroatoms. The monoisotopic (exact) mass is 277 g/mol. The van der Waals surface area contributed by atoms with Gasteiger partial charge in [-0.3, -0.25) is 4.79 Å². The van der Waals surface area contributed by atoms with Crippen LogP contribution in [0.1, 0.15) is 44.2 Å². The Bertz CT molecular complexity index is 614. The fraction of sp³-hybridized carbons (Fsp3) is 0.467. The van der Waals surface area contributed by atoms with Crippen LogP contribution in [0.4, 0.5) is 0 Å². The van der Waals surface area contributed by atoms with Crippen molar-refractivity contribution in [3.63, 3.8) is 0 Å². The minimum Gasteiger partial charge on any atom is -0.481 e. The van der Waals surface area contributed by atoms with Crippen molar-refractivity contribution < 1.29 is 9.90 Å². The Hall–Kier alpha value is -1.42. The molecule has 0 saturated carbocycles. The van der Waals surface area contributed by atoms with Crippen LogP contribution in [-0.4, -0.2) is 16.1 Å². The molecule has 3 nitrogen and oxygen atoms in total. The van der Waals surface area contributed by atoms with Crippen molar-refractivity contribution in [2.24, 2.45) is 5.41 Å². The molecule has 1 heterocycles. The summed E-state index contributed by atoms with van der Waals surface area (Å²) >= 11 is 1.71. The summed E-state index contributed by atoms with van der Waals surface area (Å²) in [5, 5.41) is 10.3. The summed E-state index contributed by atoms with van der Waals surface area (Å²) in [4.78, 5) is 15.8. The summed E-state index contributed by atoms with van der Waals surface area (Å²) in [7, 11) is 0. The first-order chi connectivity index (χ1) is 8.79. The fourth-order valence-corrected chi connectivity index (χ4v) is 2.88. The van der Waals surface area contributed by atoms with Gasteiger partial charge in [0, 0.05) is 5.92 Å². The number of carboxylic acid groups (broad SMARTS) is 1. The quantitative estimate of drug-likeness (QED) is 0.916. The van der Waals surface area contributed by atoms with Crippen LogP contribution >= 0.6 is 11.3 Å². The topological polar surface area (TPSA) is 50.2 Å². The van der Waals surface area contributed by atoms with Crippen LogP contribution in [0, 0.1) is 5.41 Å². The van der Waals surface area contributed by atoms with Gasteiger partial charge in [0.1, 0.15) is 0 Å². The predicted octanol–water partition coefficient (Wildman–Crippen LogP) is 4.07. The van der Waals surface area contributed by atoms with Gasteiger partial charge in [-0.15, -0.1) is 11.3 Å². The van der Waals surface area contributed by atoms with Gasteiger partial charge in [-0.25, -0.2) is 4.98 Å². The van der Waals surface area contributed by atoms with Crippen molar-refractivity contribution in [2.45, 2.75) is 40.0 Å². The molecule has 0 spiro atoms. The van der Waals surface area contributed by atoms with E-state index in [0.29, 0.717) is 12.3 Å². The minimum atomic E-state index is -0.770. The minimum absolute atomic E-state index is 0.427. The number of thiazole rings is 1. The molecule has 0 aliphatic heterocycles. The summed E-state index contributed by atoms with van der Waals surface area (Å²) in [5.74, 6) is -0.343. The summed E-state index contributed by atoms with van der Waals surface area (Å²) in [6.45, 7) is 7.76. The van der Waals surface area contributed by atoms with E-state index in [-0.39, 0.29) is 0 Å². The number of nitrogens with zero attached hydrogens (tertiary/aromatic N) is 1. The Morgan fingerprint density at radius 2 is 2.11 bits per heavy atom. The zero-order chi connectivity index (χ0) is 14.2. The van der Waals surface area contributed by atoms with E-state index < -0.39 is 11.4 Å².